The van der Waals surface area contributed by atoms with Crippen molar-refractivity contribution in [1.29, 1.82) is 0 Å². The monoisotopic (exact) mass is 314 g/mol. The van der Waals surface area contributed by atoms with Crippen LogP contribution in [0.2, 0.25) is 0 Å². The molecule has 0 aliphatic heterocycles. The molecule has 0 bridgehead atoms. The molecule has 2 N–H and O–H groups in total. The van der Waals surface area contributed by atoms with Crippen LogP contribution in [0.1, 0.15) is 31.3 Å². The standard InChI is InChI=1S/C16H18N4O3/c1-16(2,3)23-15(22)20-12-7-5-4-6-11(12)19-14(21)13-10-17-8-9-18-13/h4-10H,1-3H3,(H,19,21)(H,20,22). The summed E-state index contributed by atoms with van der Waals surface area (Å²) in [7, 11) is 0. The van der Waals surface area contributed by atoms with E-state index in [1.54, 1.807) is 45.0 Å². The first kappa shape index (κ1) is 16.4. The summed E-state index contributed by atoms with van der Waals surface area (Å²) < 4.78 is 5.20. The molecule has 0 fully saturated rings. The minimum absolute atomic E-state index is 0.180. The largest absolute Gasteiger partial charge is 0.444 e. The number of ether oxygens (including phenoxy) is 1. The van der Waals surface area contributed by atoms with Gasteiger partial charge < -0.3 is 10.1 Å². The number of para-hydroxylation sites is 2. The lowest BCUT2D eigenvalue weighted by Gasteiger charge is -2.20. The highest BCUT2D eigenvalue weighted by molar-refractivity contribution is 6.05. The Balaban J connectivity index is 2.12. The Morgan fingerprint density at radius 1 is 1.04 bits per heavy atom. The van der Waals surface area contributed by atoms with Crippen LogP contribution in [0.3, 0.4) is 0 Å². The van der Waals surface area contributed by atoms with Crippen molar-refractivity contribution in [1.82, 2.24) is 9.97 Å². The lowest BCUT2D eigenvalue weighted by atomic mass is 10.2. The van der Waals surface area contributed by atoms with E-state index in [4.69, 9.17) is 4.74 Å². The second-order valence-electron chi connectivity index (χ2n) is 5.72. The average Bonchev–Trinajstić information content (AvgIpc) is 2.48. The SMILES string of the molecule is CC(C)(C)OC(=O)Nc1ccccc1NC(=O)c1cnccn1. The number of aromatic nitrogens is 2. The van der Waals surface area contributed by atoms with E-state index in [1.807, 2.05) is 0 Å². The normalized spacial score (nSPS) is 10.7. The third-order valence-electron chi connectivity index (χ3n) is 2.61. The molecule has 0 saturated carbocycles. The van der Waals surface area contributed by atoms with Crippen molar-refractivity contribution in [2.24, 2.45) is 0 Å². The minimum Gasteiger partial charge on any atom is -0.444 e. The van der Waals surface area contributed by atoms with E-state index in [1.165, 1.54) is 18.6 Å². The predicted molar refractivity (Wildman–Crippen MR) is 86.3 cm³/mol. The van der Waals surface area contributed by atoms with Crippen LogP contribution in [0.4, 0.5) is 16.2 Å². The molecular formula is C16H18N4O3. The van der Waals surface area contributed by atoms with Gasteiger partial charge in [-0.1, -0.05) is 12.1 Å². The fourth-order valence-electron chi connectivity index (χ4n) is 1.72. The van der Waals surface area contributed by atoms with Crippen LogP contribution in [0.15, 0.2) is 42.9 Å². The third-order valence-corrected chi connectivity index (χ3v) is 2.61. The quantitative estimate of drug-likeness (QED) is 0.908. The van der Waals surface area contributed by atoms with Gasteiger partial charge in [-0.3, -0.25) is 15.1 Å². The number of benzene rings is 1. The Bertz CT molecular complexity index is 696. The summed E-state index contributed by atoms with van der Waals surface area (Å²) in [6, 6.07) is 6.81. The van der Waals surface area contributed by atoms with Gasteiger partial charge >= 0.3 is 6.09 Å². The Labute approximate surface area is 134 Å². The molecule has 7 heteroatoms. The van der Waals surface area contributed by atoms with Crippen LogP contribution in [-0.4, -0.2) is 27.6 Å². The second-order valence-corrected chi connectivity index (χ2v) is 5.72. The number of hydrogen-bond acceptors (Lipinski definition) is 5. The molecular weight excluding hydrogens is 296 g/mol. The van der Waals surface area contributed by atoms with Crippen molar-refractivity contribution in [2.45, 2.75) is 26.4 Å². The smallest absolute Gasteiger partial charge is 0.412 e. The molecule has 7 nitrogen and oxygen atoms in total. The van der Waals surface area contributed by atoms with Crippen molar-refractivity contribution in [3.63, 3.8) is 0 Å². The van der Waals surface area contributed by atoms with Gasteiger partial charge in [-0.25, -0.2) is 9.78 Å². The maximum Gasteiger partial charge on any atom is 0.412 e. The molecule has 1 aromatic heterocycles. The molecule has 0 radical (unpaired) electrons. The topological polar surface area (TPSA) is 93.2 Å². The first-order valence-corrected chi connectivity index (χ1v) is 7.01. The summed E-state index contributed by atoms with van der Waals surface area (Å²) in [5.74, 6) is -0.420. The number of carbonyl (C=O) groups is 2. The molecule has 0 atom stereocenters. The van der Waals surface area contributed by atoms with Crippen molar-refractivity contribution < 1.29 is 14.3 Å². The molecule has 2 rings (SSSR count). The van der Waals surface area contributed by atoms with Crippen LogP contribution in [0, 0.1) is 0 Å². The minimum atomic E-state index is -0.609. The summed E-state index contributed by atoms with van der Waals surface area (Å²) in [6.07, 6.45) is 3.67. The van der Waals surface area contributed by atoms with E-state index >= 15 is 0 Å². The number of nitrogens with one attached hydrogen (secondary N) is 2. The van der Waals surface area contributed by atoms with E-state index in [2.05, 4.69) is 20.6 Å². The molecule has 0 spiro atoms. The van der Waals surface area contributed by atoms with Gasteiger partial charge in [0, 0.05) is 12.4 Å². The summed E-state index contributed by atoms with van der Waals surface area (Å²) in [4.78, 5) is 31.8. The van der Waals surface area contributed by atoms with Gasteiger partial charge in [0.1, 0.15) is 11.3 Å². The maximum atomic E-state index is 12.1. The number of hydrogen-bond donors (Lipinski definition) is 2. The molecule has 120 valence electrons. The van der Waals surface area contributed by atoms with Crippen LogP contribution < -0.4 is 10.6 Å². The molecule has 23 heavy (non-hydrogen) atoms. The molecule has 2 amide bonds. The van der Waals surface area contributed by atoms with E-state index in [9.17, 15) is 9.59 Å². The highest BCUT2D eigenvalue weighted by Crippen LogP contribution is 2.22. The fourth-order valence-corrected chi connectivity index (χ4v) is 1.72. The van der Waals surface area contributed by atoms with E-state index in [0.717, 1.165) is 0 Å². The first-order chi connectivity index (χ1) is 10.8. The molecule has 0 saturated heterocycles. The molecule has 1 aromatic carbocycles. The Morgan fingerprint density at radius 3 is 2.26 bits per heavy atom. The highest BCUT2D eigenvalue weighted by atomic mass is 16.6. The predicted octanol–water partition coefficient (Wildman–Crippen LogP) is 3.08. The summed E-state index contributed by atoms with van der Waals surface area (Å²) in [6.45, 7) is 5.32. The number of anilines is 2. The average molecular weight is 314 g/mol. The van der Waals surface area contributed by atoms with E-state index in [-0.39, 0.29) is 5.69 Å². The summed E-state index contributed by atoms with van der Waals surface area (Å²) in [5.41, 5.74) is 0.439. The number of rotatable bonds is 3. The van der Waals surface area contributed by atoms with Gasteiger partial charge in [0.05, 0.1) is 17.6 Å². The second kappa shape index (κ2) is 6.87. The lowest BCUT2D eigenvalue weighted by Crippen LogP contribution is -2.27. The van der Waals surface area contributed by atoms with Gasteiger partial charge in [0.2, 0.25) is 0 Å². The molecule has 0 unspecified atom stereocenters. The first-order valence-electron chi connectivity index (χ1n) is 7.01. The Kier molecular flexibility index (Phi) is 4.90. The zero-order valence-corrected chi connectivity index (χ0v) is 13.2. The fraction of sp³-hybridized carbons (Fsp3) is 0.250. The van der Waals surface area contributed by atoms with Crippen molar-refractivity contribution in [3.8, 4) is 0 Å². The van der Waals surface area contributed by atoms with Gasteiger partial charge in [0.25, 0.3) is 5.91 Å². The van der Waals surface area contributed by atoms with Gasteiger partial charge in [0.15, 0.2) is 0 Å². The molecule has 0 aliphatic carbocycles. The van der Waals surface area contributed by atoms with Crippen molar-refractivity contribution in [2.75, 3.05) is 10.6 Å². The lowest BCUT2D eigenvalue weighted by molar-refractivity contribution is 0.0635. The van der Waals surface area contributed by atoms with Gasteiger partial charge in [-0.2, -0.15) is 0 Å². The van der Waals surface area contributed by atoms with Gasteiger partial charge in [-0.15, -0.1) is 0 Å². The highest BCUT2D eigenvalue weighted by Gasteiger charge is 2.18. The number of amides is 2. The number of carbonyl (C=O) groups excluding carboxylic acids is 2. The zero-order chi connectivity index (χ0) is 16.9. The Hall–Kier alpha value is -2.96. The third kappa shape index (κ3) is 5.06. The van der Waals surface area contributed by atoms with Crippen LogP contribution in [0.5, 0.6) is 0 Å². The van der Waals surface area contributed by atoms with Gasteiger partial charge in [-0.05, 0) is 32.9 Å². The van der Waals surface area contributed by atoms with Crippen LogP contribution in [-0.2, 0) is 4.74 Å². The van der Waals surface area contributed by atoms with E-state index in [0.29, 0.717) is 11.4 Å². The summed E-state index contributed by atoms with van der Waals surface area (Å²) >= 11 is 0. The molecule has 0 aliphatic rings. The van der Waals surface area contributed by atoms with Crippen molar-refractivity contribution >= 4 is 23.4 Å². The molecule has 1 heterocycles. The molecule has 2 aromatic rings. The summed E-state index contributed by atoms with van der Waals surface area (Å²) in [5, 5.41) is 5.30. The Morgan fingerprint density at radius 2 is 1.70 bits per heavy atom. The van der Waals surface area contributed by atoms with E-state index < -0.39 is 17.6 Å². The maximum absolute atomic E-state index is 12.1. The number of nitrogens with zero attached hydrogens (tertiary/aromatic N) is 2. The van der Waals surface area contributed by atoms with Crippen LogP contribution in [0.25, 0.3) is 0 Å². The van der Waals surface area contributed by atoms with Crippen molar-refractivity contribution in [3.05, 3.63) is 48.5 Å². The van der Waals surface area contributed by atoms with Crippen LogP contribution >= 0.6 is 0 Å². The zero-order valence-electron chi connectivity index (χ0n) is 13.2.